The van der Waals surface area contributed by atoms with Crippen molar-refractivity contribution in [1.82, 2.24) is 9.55 Å². The van der Waals surface area contributed by atoms with E-state index in [1.807, 2.05) is 4.98 Å². The number of benzene rings is 1. The van der Waals surface area contributed by atoms with Gasteiger partial charge in [-0.05, 0) is 19.1 Å². The molecule has 0 spiro atoms. The van der Waals surface area contributed by atoms with Crippen LogP contribution >= 0.6 is 0 Å². The minimum Gasteiger partial charge on any atom is -0.273 e. The minimum absolute atomic E-state index is 0.0771. The summed E-state index contributed by atoms with van der Waals surface area (Å²) in [6.45, 7) is 1.53. The molecule has 100 valence electrons. The van der Waals surface area contributed by atoms with Crippen molar-refractivity contribution in [3.05, 3.63) is 66.5 Å². The zero-order valence-corrected chi connectivity index (χ0v) is 10.3. The van der Waals surface area contributed by atoms with Crippen LogP contribution in [-0.4, -0.2) is 14.5 Å². The fourth-order valence-corrected chi connectivity index (χ4v) is 1.74. The van der Waals surface area contributed by atoms with Gasteiger partial charge in [0.25, 0.3) is 11.2 Å². The van der Waals surface area contributed by atoms with Crippen LogP contribution in [-0.2, 0) is 0 Å². The molecule has 8 heteroatoms. The average molecular weight is 272 g/mol. The highest BCUT2D eigenvalue weighted by molar-refractivity contribution is 5.47. The number of nitro benzene ring substituents is 1. The Balaban J connectivity index is 2.67. The topological polar surface area (TPSA) is 122 Å². The number of aromatic nitrogens is 2. The largest absolute Gasteiger partial charge is 0.332 e. The number of rotatable bonds is 2. The van der Waals surface area contributed by atoms with Crippen LogP contribution in [0.4, 0.5) is 5.69 Å². The zero-order valence-electron chi connectivity index (χ0n) is 10.3. The molecule has 20 heavy (non-hydrogen) atoms. The Morgan fingerprint density at radius 3 is 2.65 bits per heavy atom. The molecule has 8 nitrogen and oxygen atoms in total. The van der Waals surface area contributed by atoms with E-state index in [0.717, 1.165) is 10.8 Å². The molecule has 0 bridgehead atoms. The summed E-state index contributed by atoms with van der Waals surface area (Å²) in [5.74, 6) is 0. The van der Waals surface area contributed by atoms with Crippen LogP contribution in [0, 0.1) is 28.4 Å². The second-order valence-corrected chi connectivity index (χ2v) is 4.01. The first-order chi connectivity index (χ1) is 9.43. The van der Waals surface area contributed by atoms with Crippen molar-refractivity contribution in [2.75, 3.05) is 0 Å². The lowest BCUT2D eigenvalue weighted by atomic mass is 10.2. The zero-order chi connectivity index (χ0) is 14.9. The molecule has 1 heterocycles. The normalized spacial score (nSPS) is 10.0. The summed E-state index contributed by atoms with van der Waals surface area (Å²) >= 11 is 0. The van der Waals surface area contributed by atoms with Crippen molar-refractivity contribution < 1.29 is 4.92 Å². The van der Waals surface area contributed by atoms with Crippen LogP contribution in [0.2, 0.25) is 0 Å². The number of H-pyrrole nitrogens is 1. The van der Waals surface area contributed by atoms with Crippen LogP contribution < -0.4 is 11.2 Å². The van der Waals surface area contributed by atoms with E-state index >= 15 is 0 Å². The molecule has 0 saturated carbocycles. The first kappa shape index (κ1) is 13.2. The molecular weight excluding hydrogens is 264 g/mol. The summed E-state index contributed by atoms with van der Waals surface area (Å²) in [5, 5.41) is 19.5. The molecule has 0 amide bonds. The lowest BCUT2D eigenvalue weighted by Gasteiger charge is -2.06. The van der Waals surface area contributed by atoms with Crippen molar-refractivity contribution in [3.63, 3.8) is 0 Å². The minimum atomic E-state index is -0.771. The van der Waals surface area contributed by atoms with Crippen molar-refractivity contribution in [2.45, 2.75) is 6.92 Å². The summed E-state index contributed by atoms with van der Waals surface area (Å²) in [6.07, 6.45) is 1.10. The highest BCUT2D eigenvalue weighted by Crippen LogP contribution is 2.20. The van der Waals surface area contributed by atoms with E-state index in [-0.39, 0.29) is 11.3 Å². The van der Waals surface area contributed by atoms with Gasteiger partial charge < -0.3 is 0 Å². The molecular formula is C12H8N4O4. The maximum absolute atomic E-state index is 11.7. The van der Waals surface area contributed by atoms with E-state index < -0.39 is 16.2 Å². The Labute approximate surface area is 111 Å². The van der Waals surface area contributed by atoms with E-state index in [1.165, 1.54) is 25.1 Å². The van der Waals surface area contributed by atoms with Gasteiger partial charge in [-0.3, -0.25) is 24.5 Å². The molecule has 0 fully saturated rings. The Bertz CT molecular complexity index is 857. The van der Waals surface area contributed by atoms with E-state index in [4.69, 9.17) is 5.26 Å². The van der Waals surface area contributed by atoms with Gasteiger partial charge in [0, 0.05) is 17.8 Å². The molecule has 0 atom stereocenters. The van der Waals surface area contributed by atoms with Crippen molar-refractivity contribution in [1.29, 1.82) is 5.26 Å². The molecule has 0 aliphatic rings. The number of hydrogen-bond donors (Lipinski definition) is 1. The molecule has 1 aromatic carbocycles. The molecule has 0 aliphatic heterocycles. The molecule has 1 aromatic heterocycles. The van der Waals surface area contributed by atoms with Gasteiger partial charge in [-0.25, -0.2) is 4.79 Å². The van der Waals surface area contributed by atoms with Crippen molar-refractivity contribution in [2.24, 2.45) is 0 Å². The van der Waals surface area contributed by atoms with Crippen LogP contribution in [0.15, 0.2) is 34.0 Å². The molecule has 0 unspecified atom stereocenters. The summed E-state index contributed by atoms with van der Waals surface area (Å²) in [6, 6.07) is 5.72. The Morgan fingerprint density at radius 2 is 2.10 bits per heavy atom. The Morgan fingerprint density at radius 1 is 1.40 bits per heavy atom. The fourth-order valence-electron chi connectivity index (χ4n) is 1.74. The molecule has 0 saturated heterocycles. The van der Waals surface area contributed by atoms with Crippen LogP contribution in [0.3, 0.4) is 0 Å². The van der Waals surface area contributed by atoms with Crippen molar-refractivity contribution >= 4 is 5.69 Å². The first-order valence-corrected chi connectivity index (χ1v) is 5.45. The lowest BCUT2D eigenvalue weighted by molar-refractivity contribution is -0.385. The van der Waals surface area contributed by atoms with E-state index in [2.05, 4.69) is 0 Å². The smallest absolute Gasteiger partial charge is 0.273 e. The average Bonchev–Trinajstić information content (AvgIpc) is 2.38. The maximum atomic E-state index is 11.7. The number of aromatic amines is 1. The third-order valence-electron chi connectivity index (χ3n) is 2.72. The van der Waals surface area contributed by atoms with Gasteiger partial charge in [0.2, 0.25) is 0 Å². The second-order valence-electron chi connectivity index (χ2n) is 4.01. The molecule has 2 aromatic rings. The first-order valence-electron chi connectivity index (χ1n) is 5.45. The molecule has 2 rings (SSSR count). The van der Waals surface area contributed by atoms with E-state index in [0.29, 0.717) is 11.3 Å². The number of nitro groups is 1. The molecule has 0 radical (unpaired) electrons. The second kappa shape index (κ2) is 4.81. The summed E-state index contributed by atoms with van der Waals surface area (Å²) in [4.78, 5) is 35.2. The van der Waals surface area contributed by atoms with E-state index in [1.54, 1.807) is 6.07 Å². The van der Waals surface area contributed by atoms with Crippen LogP contribution in [0.25, 0.3) is 5.69 Å². The number of nitrogens with zero attached hydrogens (tertiary/aromatic N) is 3. The predicted octanol–water partition coefficient (Wildman–Crippen LogP) is 0.614. The predicted molar refractivity (Wildman–Crippen MR) is 68.8 cm³/mol. The molecule has 0 aliphatic carbocycles. The third kappa shape index (κ3) is 2.20. The van der Waals surface area contributed by atoms with Gasteiger partial charge in [-0.15, -0.1) is 0 Å². The van der Waals surface area contributed by atoms with Gasteiger partial charge >= 0.3 is 5.69 Å². The number of nitrogens with one attached hydrogen (secondary N) is 1. The Hall–Kier alpha value is -3.21. The number of nitriles is 1. The summed E-state index contributed by atoms with van der Waals surface area (Å²) in [7, 11) is 0. The number of aryl methyl sites for hydroxylation is 1. The van der Waals surface area contributed by atoms with Gasteiger partial charge in [0.15, 0.2) is 0 Å². The monoisotopic (exact) mass is 272 g/mol. The van der Waals surface area contributed by atoms with Gasteiger partial charge in [0.1, 0.15) is 11.6 Å². The number of hydrogen-bond acceptors (Lipinski definition) is 5. The standard InChI is InChI=1S/C12H8N4O4/c1-7-4-9(2-3-10(7)16(19)20)15-6-8(5-13)11(17)14-12(15)18/h2-4,6H,1H3,(H,14,17,18). The maximum Gasteiger partial charge on any atom is 0.332 e. The SMILES string of the molecule is Cc1cc(-n2cc(C#N)c(=O)[nH]c2=O)ccc1[N+](=O)[O-]. The van der Waals surface area contributed by atoms with E-state index in [9.17, 15) is 19.7 Å². The molecule has 1 N–H and O–H groups in total. The Kier molecular flexibility index (Phi) is 3.18. The highest BCUT2D eigenvalue weighted by atomic mass is 16.6. The van der Waals surface area contributed by atoms with Crippen molar-refractivity contribution in [3.8, 4) is 11.8 Å². The highest BCUT2D eigenvalue weighted by Gasteiger charge is 2.12. The fraction of sp³-hybridized carbons (Fsp3) is 0.0833. The van der Waals surface area contributed by atoms with Gasteiger partial charge in [-0.2, -0.15) is 5.26 Å². The van der Waals surface area contributed by atoms with Crippen LogP contribution in [0.1, 0.15) is 11.1 Å². The van der Waals surface area contributed by atoms with Gasteiger partial charge in [-0.1, -0.05) is 0 Å². The van der Waals surface area contributed by atoms with Gasteiger partial charge in [0.05, 0.1) is 10.6 Å². The third-order valence-corrected chi connectivity index (χ3v) is 2.72. The lowest BCUT2D eigenvalue weighted by Crippen LogP contribution is -2.30. The quantitative estimate of drug-likeness (QED) is 0.634. The van der Waals surface area contributed by atoms with Crippen LogP contribution in [0.5, 0.6) is 0 Å². The summed E-state index contributed by atoms with van der Waals surface area (Å²) < 4.78 is 1.05. The summed E-state index contributed by atoms with van der Waals surface area (Å²) in [5.41, 5.74) is -1.10.